The summed E-state index contributed by atoms with van der Waals surface area (Å²) >= 11 is 7.77. The molecular weight excluding hydrogens is 487 g/mol. The van der Waals surface area contributed by atoms with Crippen molar-refractivity contribution in [3.05, 3.63) is 74.2 Å². The van der Waals surface area contributed by atoms with Crippen LogP contribution >= 0.6 is 22.9 Å². The van der Waals surface area contributed by atoms with Gasteiger partial charge in [-0.25, -0.2) is 9.37 Å². The highest BCUT2D eigenvalue weighted by Gasteiger charge is 2.34. The Morgan fingerprint density at radius 3 is 2.82 bits per heavy atom. The van der Waals surface area contributed by atoms with Crippen molar-refractivity contribution in [2.45, 2.75) is 44.4 Å². The molecule has 2 unspecified atom stereocenters. The number of rotatable bonds is 8. The normalized spacial score (nSPS) is 23.2. The lowest BCUT2D eigenvalue weighted by Gasteiger charge is -2.31. The largest absolute Gasteiger partial charge is 0.393 e. The molecule has 3 atom stereocenters. The van der Waals surface area contributed by atoms with Gasteiger partial charge in [-0.15, -0.1) is 11.3 Å². The van der Waals surface area contributed by atoms with E-state index in [1.807, 2.05) is 5.32 Å². The van der Waals surface area contributed by atoms with Gasteiger partial charge in [-0.1, -0.05) is 24.1 Å². The average molecular weight is 510 g/mol. The zero-order chi connectivity index (χ0) is 24.2. The number of nitrogens with one attached hydrogen (secondary N) is 3. The van der Waals surface area contributed by atoms with Crippen LogP contribution in [0.25, 0.3) is 0 Å². The molecule has 1 aromatic carbocycles. The number of allylic oxidation sites excluding steroid dienone is 1. The van der Waals surface area contributed by atoms with E-state index in [4.69, 9.17) is 22.0 Å². The van der Waals surface area contributed by atoms with Gasteiger partial charge in [0, 0.05) is 45.9 Å². The number of nitrogens with zero attached hydrogens (tertiary/aromatic N) is 2. The zero-order valence-electron chi connectivity index (χ0n) is 17.9. The van der Waals surface area contributed by atoms with Crippen molar-refractivity contribution in [1.82, 2.24) is 15.6 Å². The molecule has 0 spiro atoms. The molecule has 1 fully saturated rings. The quantitative estimate of drug-likeness (QED) is 0.291. The van der Waals surface area contributed by atoms with Gasteiger partial charge < -0.3 is 21.1 Å². The number of aliphatic imine (C=N–C) groups is 1. The van der Waals surface area contributed by atoms with E-state index in [0.717, 1.165) is 25.3 Å². The lowest BCUT2D eigenvalue weighted by atomic mass is 9.87. The van der Waals surface area contributed by atoms with Gasteiger partial charge in [-0.05, 0) is 42.9 Å². The second-order valence-electron chi connectivity index (χ2n) is 8.07. The van der Waals surface area contributed by atoms with Crippen molar-refractivity contribution in [2.75, 3.05) is 0 Å². The maximum Gasteiger partial charge on any atom is 0.312 e. The maximum atomic E-state index is 13.8. The van der Waals surface area contributed by atoms with E-state index < -0.39 is 24.5 Å². The predicted molar refractivity (Wildman–Crippen MR) is 127 cm³/mol. The zero-order valence-corrected chi connectivity index (χ0v) is 19.5. The third kappa shape index (κ3) is 5.34. The van der Waals surface area contributed by atoms with Crippen molar-refractivity contribution < 1.29 is 18.3 Å². The minimum absolute atomic E-state index is 0.0486. The van der Waals surface area contributed by atoms with Crippen LogP contribution in [0.5, 0.6) is 0 Å². The molecule has 0 saturated heterocycles. The SMILES string of the molecule is N=C/C(=C\NC(F)F)C1=C(CC2CCCC2O)NC(c2nccs2)=N[C@H]1c1ccc(F)cc1Cl. The van der Waals surface area contributed by atoms with Crippen molar-refractivity contribution >= 4 is 35.0 Å². The Labute approximate surface area is 203 Å². The Morgan fingerprint density at radius 1 is 1.38 bits per heavy atom. The molecule has 1 aliphatic heterocycles. The van der Waals surface area contributed by atoms with Crippen LogP contribution in [0.15, 0.2) is 57.8 Å². The molecule has 11 heteroatoms. The number of benzene rings is 1. The fraction of sp³-hybridized carbons (Fsp3) is 0.348. The third-order valence-corrected chi connectivity index (χ3v) is 7.04. The number of aliphatic hydroxyl groups is 1. The van der Waals surface area contributed by atoms with Crippen LogP contribution in [-0.2, 0) is 0 Å². The molecule has 0 bridgehead atoms. The fourth-order valence-corrected chi connectivity index (χ4v) is 5.22. The van der Waals surface area contributed by atoms with Crippen LogP contribution in [-0.4, -0.2) is 34.8 Å². The molecule has 2 heterocycles. The monoisotopic (exact) mass is 509 g/mol. The minimum atomic E-state index is -2.82. The third-order valence-electron chi connectivity index (χ3n) is 5.93. The lowest BCUT2D eigenvalue weighted by molar-refractivity contribution is 0.125. The summed E-state index contributed by atoms with van der Waals surface area (Å²) in [4.78, 5) is 9.10. The molecule has 2 aliphatic rings. The second-order valence-corrected chi connectivity index (χ2v) is 9.38. The summed E-state index contributed by atoms with van der Waals surface area (Å²) < 4.78 is 39.7. The van der Waals surface area contributed by atoms with Gasteiger partial charge in [-0.2, -0.15) is 8.78 Å². The molecule has 0 amide bonds. The Hall–Kier alpha value is -2.69. The summed E-state index contributed by atoms with van der Waals surface area (Å²) in [6.45, 7) is -2.82. The summed E-state index contributed by atoms with van der Waals surface area (Å²) in [6.07, 6.45) is 5.97. The standard InChI is InChI=1S/C23H23ClF3N5OS/c24-16-9-14(25)4-5-15(16)20-19(13(10-28)11-30-23(26)27)17(8-12-2-1-3-18(12)33)31-21(32-20)22-29-6-7-34-22/h4-7,9-12,18,20,23,28,30,33H,1-3,8H2,(H,31,32)/b13-11+,28-10?/t12?,18?,20-/m0/s1. The summed E-state index contributed by atoms with van der Waals surface area (Å²) in [7, 11) is 0. The van der Waals surface area contributed by atoms with Crippen LogP contribution in [0, 0.1) is 17.1 Å². The molecule has 180 valence electrons. The Kier molecular flexibility index (Phi) is 7.70. The van der Waals surface area contributed by atoms with E-state index in [9.17, 15) is 18.3 Å². The van der Waals surface area contributed by atoms with Crippen LogP contribution in [0.3, 0.4) is 0 Å². The first-order chi connectivity index (χ1) is 16.4. The van der Waals surface area contributed by atoms with Gasteiger partial charge in [0.05, 0.1) is 6.10 Å². The Balaban J connectivity index is 1.89. The van der Waals surface area contributed by atoms with Crippen molar-refractivity contribution in [3.63, 3.8) is 0 Å². The smallest absolute Gasteiger partial charge is 0.312 e. The van der Waals surface area contributed by atoms with Gasteiger partial charge in [0.25, 0.3) is 0 Å². The highest BCUT2D eigenvalue weighted by Crippen LogP contribution is 2.41. The maximum absolute atomic E-state index is 13.8. The van der Waals surface area contributed by atoms with Gasteiger partial charge >= 0.3 is 6.55 Å². The van der Waals surface area contributed by atoms with E-state index in [1.54, 1.807) is 11.6 Å². The summed E-state index contributed by atoms with van der Waals surface area (Å²) in [5, 5.41) is 26.2. The summed E-state index contributed by atoms with van der Waals surface area (Å²) in [6, 6.07) is 3.11. The number of alkyl halides is 2. The molecule has 1 aliphatic carbocycles. The van der Waals surface area contributed by atoms with Crippen molar-refractivity contribution in [3.8, 4) is 0 Å². The highest BCUT2D eigenvalue weighted by atomic mass is 35.5. The van der Waals surface area contributed by atoms with E-state index >= 15 is 0 Å². The van der Waals surface area contributed by atoms with Crippen LogP contribution < -0.4 is 10.6 Å². The number of thiazole rings is 1. The van der Waals surface area contributed by atoms with Crippen molar-refractivity contribution in [2.24, 2.45) is 10.9 Å². The number of aromatic nitrogens is 1. The fourth-order valence-electron chi connectivity index (χ4n) is 4.36. The number of halogens is 4. The molecule has 4 rings (SSSR count). The van der Waals surface area contributed by atoms with Crippen molar-refractivity contribution in [1.29, 1.82) is 5.41 Å². The van der Waals surface area contributed by atoms with Crippen LogP contribution in [0.2, 0.25) is 5.02 Å². The molecule has 4 N–H and O–H groups in total. The molecular formula is C23H23ClF3N5OS. The highest BCUT2D eigenvalue weighted by molar-refractivity contribution is 7.11. The lowest BCUT2D eigenvalue weighted by Crippen LogP contribution is -2.34. The first-order valence-electron chi connectivity index (χ1n) is 10.7. The Morgan fingerprint density at radius 2 is 2.21 bits per heavy atom. The molecule has 1 saturated carbocycles. The minimum Gasteiger partial charge on any atom is -0.393 e. The van der Waals surface area contributed by atoms with E-state index in [0.29, 0.717) is 40.5 Å². The first kappa shape index (κ1) is 24.4. The van der Waals surface area contributed by atoms with E-state index in [-0.39, 0.29) is 16.5 Å². The van der Waals surface area contributed by atoms with Gasteiger partial charge in [0.1, 0.15) is 11.9 Å². The molecule has 34 heavy (non-hydrogen) atoms. The number of amidine groups is 1. The van der Waals surface area contributed by atoms with E-state index in [2.05, 4.69) is 10.3 Å². The predicted octanol–water partition coefficient (Wildman–Crippen LogP) is 5.18. The van der Waals surface area contributed by atoms with Gasteiger partial charge in [0.2, 0.25) is 0 Å². The number of aliphatic hydroxyl groups excluding tert-OH is 1. The van der Waals surface area contributed by atoms with Gasteiger partial charge in [-0.3, -0.25) is 4.99 Å². The topological polar surface area (TPSA) is 93.4 Å². The number of hydrogen-bond acceptors (Lipinski definition) is 7. The molecule has 2 aromatic rings. The molecule has 1 aromatic heterocycles. The Bertz CT molecular complexity index is 1140. The van der Waals surface area contributed by atoms with Crippen LogP contribution in [0.4, 0.5) is 13.2 Å². The van der Waals surface area contributed by atoms with E-state index in [1.165, 1.54) is 29.5 Å². The van der Waals surface area contributed by atoms with Crippen LogP contribution in [0.1, 0.15) is 42.3 Å². The first-order valence-corrected chi connectivity index (χ1v) is 12.0. The second kappa shape index (κ2) is 10.7. The van der Waals surface area contributed by atoms with Gasteiger partial charge in [0.15, 0.2) is 10.8 Å². The summed E-state index contributed by atoms with van der Waals surface area (Å²) in [5.41, 5.74) is 1.71. The summed E-state index contributed by atoms with van der Waals surface area (Å²) in [5.74, 6) is -0.112. The number of hydrogen-bond donors (Lipinski definition) is 4. The molecule has 0 radical (unpaired) electrons. The average Bonchev–Trinajstić information content (AvgIpc) is 3.47. The molecule has 6 nitrogen and oxygen atoms in total.